The molecule has 3 rings (SSSR count). The number of pyridine rings is 1. The number of nitrogens with zero attached hydrogens (tertiary/aromatic N) is 1. The van der Waals surface area contributed by atoms with Gasteiger partial charge in [-0.15, -0.1) is 0 Å². The SMILES string of the molecule is CNc1nc2ccccc2cc1COC1CCC(C)CC1. The van der Waals surface area contributed by atoms with Gasteiger partial charge >= 0.3 is 0 Å². The van der Waals surface area contributed by atoms with Gasteiger partial charge in [0.1, 0.15) is 5.82 Å². The quantitative estimate of drug-likeness (QED) is 0.905. The van der Waals surface area contributed by atoms with E-state index in [9.17, 15) is 0 Å². The minimum absolute atomic E-state index is 0.414. The van der Waals surface area contributed by atoms with E-state index in [2.05, 4.69) is 35.4 Å². The molecule has 1 heterocycles. The molecule has 0 radical (unpaired) electrons. The molecule has 0 atom stereocenters. The molecule has 3 heteroatoms. The lowest BCUT2D eigenvalue weighted by Gasteiger charge is -2.26. The molecule has 1 fully saturated rings. The van der Waals surface area contributed by atoms with Gasteiger partial charge in [0.15, 0.2) is 0 Å². The van der Waals surface area contributed by atoms with E-state index < -0.39 is 0 Å². The number of hydrogen-bond donors (Lipinski definition) is 1. The summed E-state index contributed by atoms with van der Waals surface area (Å²) in [6.07, 6.45) is 5.38. The Kier molecular flexibility index (Phi) is 4.39. The molecule has 112 valence electrons. The number of rotatable bonds is 4. The lowest BCUT2D eigenvalue weighted by Crippen LogP contribution is -2.20. The van der Waals surface area contributed by atoms with Crippen molar-refractivity contribution in [3.05, 3.63) is 35.9 Å². The summed E-state index contributed by atoms with van der Waals surface area (Å²) >= 11 is 0. The second kappa shape index (κ2) is 6.44. The van der Waals surface area contributed by atoms with E-state index in [1.165, 1.54) is 31.1 Å². The van der Waals surface area contributed by atoms with Crippen molar-refractivity contribution in [2.24, 2.45) is 5.92 Å². The minimum Gasteiger partial charge on any atom is -0.373 e. The highest BCUT2D eigenvalue weighted by atomic mass is 16.5. The highest BCUT2D eigenvalue weighted by molar-refractivity contribution is 5.81. The predicted molar refractivity (Wildman–Crippen MR) is 87.5 cm³/mol. The molecule has 0 bridgehead atoms. The molecule has 1 N–H and O–H groups in total. The normalized spacial score (nSPS) is 22.4. The molecule has 1 aromatic heterocycles. The van der Waals surface area contributed by atoms with Crippen molar-refractivity contribution >= 4 is 16.7 Å². The van der Waals surface area contributed by atoms with Crippen molar-refractivity contribution in [1.29, 1.82) is 0 Å². The Morgan fingerprint density at radius 1 is 1.19 bits per heavy atom. The van der Waals surface area contributed by atoms with Crippen LogP contribution in [-0.2, 0) is 11.3 Å². The number of para-hydroxylation sites is 1. The van der Waals surface area contributed by atoms with Gasteiger partial charge in [-0.1, -0.05) is 25.1 Å². The van der Waals surface area contributed by atoms with Gasteiger partial charge in [0.25, 0.3) is 0 Å². The van der Waals surface area contributed by atoms with Gasteiger partial charge in [0.05, 0.1) is 18.2 Å². The van der Waals surface area contributed by atoms with Crippen LogP contribution in [0.15, 0.2) is 30.3 Å². The van der Waals surface area contributed by atoms with E-state index in [1.807, 2.05) is 19.2 Å². The van der Waals surface area contributed by atoms with Crippen LogP contribution in [0.2, 0.25) is 0 Å². The van der Waals surface area contributed by atoms with Crippen LogP contribution in [0.25, 0.3) is 10.9 Å². The Balaban J connectivity index is 1.73. The second-order valence-corrected chi connectivity index (χ2v) is 6.13. The molecule has 1 aromatic carbocycles. The number of nitrogens with one attached hydrogen (secondary N) is 1. The van der Waals surface area contributed by atoms with Gasteiger partial charge in [-0.3, -0.25) is 0 Å². The lowest BCUT2D eigenvalue weighted by atomic mass is 9.89. The number of anilines is 1. The molecule has 0 spiro atoms. The Bertz CT molecular complexity index is 603. The Morgan fingerprint density at radius 2 is 1.95 bits per heavy atom. The van der Waals surface area contributed by atoms with Crippen molar-refractivity contribution < 1.29 is 4.74 Å². The van der Waals surface area contributed by atoms with Gasteiger partial charge in [0, 0.05) is 18.0 Å². The van der Waals surface area contributed by atoms with Gasteiger partial charge in [-0.2, -0.15) is 0 Å². The van der Waals surface area contributed by atoms with Crippen molar-refractivity contribution in [1.82, 2.24) is 4.98 Å². The van der Waals surface area contributed by atoms with Gasteiger partial charge < -0.3 is 10.1 Å². The maximum atomic E-state index is 6.13. The van der Waals surface area contributed by atoms with E-state index in [1.54, 1.807) is 0 Å². The zero-order chi connectivity index (χ0) is 14.7. The fourth-order valence-electron chi connectivity index (χ4n) is 3.09. The molecular formula is C18H24N2O. The maximum absolute atomic E-state index is 6.13. The third-order valence-corrected chi connectivity index (χ3v) is 4.48. The maximum Gasteiger partial charge on any atom is 0.131 e. The molecule has 21 heavy (non-hydrogen) atoms. The monoisotopic (exact) mass is 284 g/mol. The van der Waals surface area contributed by atoms with Crippen LogP contribution in [0, 0.1) is 5.92 Å². The zero-order valence-electron chi connectivity index (χ0n) is 12.9. The van der Waals surface area contributed by atoms with Crippen molar-refractivity contribution in [3.8, 4) is 0 Å². The number of fused-ring (bicyclic) bond motifs is 1. The van der Waals surface area contributed by atoms with Gasteiger partial charge in [-0.05, 0) is 43.7 Å². The number of benzene rings is 1. The Morgan fingerprint density at radius 3 is 2.71 bits per heavy atom. The van der Waals surface area contributed by atoms with Crippen LogP contribution in [0.5, 0.6) is 0 Å². The summed E-state index contributed by atoms with van der Waals surface area (Å²) in [6, 6.07) is 10.4. The average molecular weight is 284 g/mol. The lowest BCUT2D eigenvalue weighted by molar-refractivity contribution is 0.00897. The molecule has 1 aliphatic rings. The zero-order valence-corrected chi connectivity index (χ0v) is 12.9. The van der Waals surface area contributed by atoms with Crippen molar-refractivity contribution in [3.63, 3.8) is 0 Å². The van der Waals surface area contributed by atoms with Crippen LogP contribution >= 0.6 is 0 Å². The topological polar surface area (TPSA) is 34.2 Å². The summed E-state index contributed by atoms with van der Waals surface area (Å²) in [7, 11) is 1.92. The first-order valence-corrected chi connectivity index (χ1v) is 7.94. The summed E-state index contributed by atoms with van der Waals surface area (Å²) in [5.74, 6) is 1.79. The fourth-order valence-corrected chi connectivity index (χ4v) is 3.09. The summed E-state index contributed by atoms with van der Waals surface area (Å²) in [5.41, 5.74) is 2.17. The fraction of sp³-hybridized carbons (Fsp3) is 0.500. The van der Waals surface area contributed by atoms with Crippen molar-refractivity contribution in [2.75, 3.05) is 12.4 Å². The summed E-state index contributed by atoms with van der Waals surface area (Å²) in [5, 5.41) is 4.36. The van der Waals surface area contributed by atoms with E-state index in [-0.39, 0.29) is 0 Å². The summed E-state index contributed by atoms with van der Waals surface area (Å²) in [6.45, 7) is 2.98. The first-order valence-electron chi connectivity index (χ1n) is 7.94. The average Bonchev–Trinajstić information content (AvgIpc) is 2.53. The van der Waals surface area contributed by atoms with Crippen LogP contribution in [0.4, 0.5) is 5.82 Å². The number of hydrogen-bond acceptors (Lipinski definition) is 3. The highest BCUT2D eigenvalue weighted by Crippen LogP contribution is 2.27. The number of aromatic nitrogens is 1. The van der Waals surface area contributed by atoms with Gasteiger partial charge in [-0.25, -0.2) is 4.98 Å². The molecule has 0 aliphatic heterocycles. The first-order chi connectivity index (χ1) is 10.3. The van der Waals surface area contributed by atoms with Crippen LogP contribution in [0.1, 0.15) is 38.2 Å². The molecule has 0 unspecified atom stereocenters. The number of ether oxygens (including phenoxy) is 1. The van der Waals surface area contributed by atoms with Crippen molar-refractivity contribution in [2.45, 2.75) is 45.3 Å². The molecule has 3 nitrogen and oxygen atoms in total. The Labute approximate surface area is 126 Å². The van der Waals surface area contributed by atoms with E-state index in [4.69, 9.17) is 4.74 Å². The van der Waals surface area contributed by atoms with Crippen LogP contribution in [0.3, 0.4) is 0 Å². The molecule has 1 aliphatic carbocycles. The summed E-state index contributed by atoms with van der Waals surface area (Å²) in [4.78, 5) is 4.68. The largest absolute Gasteiger partial charge is 0.373 e. The van der Waals surface area contributed by atoms with Crippen LogP contribution < -0.4 is 5.32 Å². The first kappa shape index (κ1) is 14.3. The molecule has 1 saturated carbocycles. The van der Waals surface area contributed by atoms with E-state index >= 15 is 0 Å². The van der Waals surface area contributed by atoms with Gasteiger partial charge in [0.2, 0.25) is 0 Å². The predicted octanol–water partition coefficient (Wildman–Crippen LogP) is 4.37. The molecule has 2 aromatic rings. The summed E-state index contributed by atoms with van der Waals surface area (Å²) < 4.78 is 6.13. The smallest absolute Gasteiger partial charge is 0.131 e. The third-order valence-electron chi connectivity index (χ3n) is 4.48. The highest BCUT2D eigenvalue weighted by Gasteiger charge is 2.19. The van der Waals surface area contributed by atoms with Crippen LogP contribution in [-0.4, -0.2) is 18.1 Å². The van der Waals surface area contributed by atoms with E-state index in [0.717, 1.165) is 22.8 Å². The Hall–Kier alpha value is -1.61. The standard InChI is InChI=1S/C18H24N2O/c1-13-7-9-16(10-8-13)21-12-15-11-14-5-3-4-6-17(14)20-18(15)19-2/h3-6,11,13,16H,7-10,12H2,1-2H3,(H,19,20). The van der Waals surface area contributed by atoms with E-state index in [0.29, 0.717) is 12.7 Å². The second-order valence-electron chi connectivity index (χ2n) is 6.13. The molecule has 0 saturated heterocycles. The minimum atomic E-state index is 0.414. The third kappa shape index (κ3) is 3.35. The molecular weight excluding hydrogens is 260 g/mol. The molecule has 0 amide bonds.